The maximum Gasteiger partial charge on any atom is 0.338 e. The van der Waals surface area contributed by atoms with Gasteiger partial charge < -0.3 is 5.11 Å². The second kappa shape index (κ2) is 4.78. The van der Waals surface area contributed by atoms with Crippen LogP contribution in [-0.2, 0) is 0 Å². The second-order valence-electron chi connectivity index (χ2n) is 4.20. The van der Waals surface area contributed by atoms with Gasteiger partial charge in [-0.05, 0) is 18.2 Å². The number of fused-ring (bicyclic) bond motifs is 1. The van der Waals surface area contributed by atoms with Gasteiger partial charge in [0.2, 0.25) is 0 Å². The summed E-state index contributed by atoms with van der Waals surface area (Å²) in [6.07, 6.45) is 0. The van der Waals surface area contributed by atoms with E-state index in [1.165, 1.54) is 18.2 Å². The summed E-state index contributed by atoms with van der Waals surface area (Å²) in [5, 5.41) is 16.3. The van der Waals surface area contributed by atoms with Crippen molar-refractivity contribution in [3.8, 4) is 5.69 Å². The molecule has 0 bridgehead atoms. The molecule has 0 saturated carbocycles. The summed E-state index contributed by atoms with van der Waals surface area (Å²) in [7, 11) is 0. The Labute approximate surface area is 121 Å². The average Bonchev–Trinajstić information content (AvgIpc) is 2.81. The van der Waals surface area contributed by atoms with Crippen molar-refractivity contribution in [3.63, 3.8) is 0 Å². The molecule has 3 rings (SSSR count). The predicted molar refractivity (Wildman–Crippen MR) is 70.8 cm³/mol. The van der Waals surface area contributed by atoms with Crippen LogP contribution in [0, 0.1) is 11.6 Å². The standard InChI is InChI=1S/C13H6ClF2N3O2/c14-8-4-6(15)5-9(16)12(8)19-10-3-1-2-7(13(20)21)11(10)17-18-19/h1-5H,(H,20,21). The van der Waals surface area contributed by atoms with Gasteiger partial charge in [0, 0.05) is 6.07 Å². The first-order chi connectivity index (χ1) is 9.99. The van der Waals surface area contributed by atoms with E-state index in [2.05, 4.69) is 10.3 Å². The van der Waals surface area contributed by atoms with Gasteiger partial charge in [-0.1, -0.05) is 22.9 Å². The SMILES string of the molecule is O=C(O)c1cccc2c1nnn2-c1c(F)cc(F)cc1Cl. The molecule has 0 spiro atoms. The number of carboxylic acids is 1. The highest BCUT2D eigenvalue weighted by atomic mass is 35.5. The zero-order valence-corrected chi connectivity index (χ0v) is 11.0. The van der Waals surface area contributed by atoms with Crippen LogP contribution in [0.5, 0.6) is 0 Å². The van der Waals surface area contributed by atoms with Crippen LogP contribution < -0.4 is 0 Å². The number of aromatic carboxylic acids is 1. The van der Waals surface area contributed by atoms with Crippen LogP contribution in [-0.4, -0.2) is 26.1 Å². The number of benzene rings is 2. The topological polar surface area (TPSA) is 68.0 Å². The van der Waals surface area contributed by atoms with Gasteiger partial charge in [-0.15, -0.1) is 5.10 Å². The van der Waals surface area contributed by atoms with Crippen LogP contribution in [0.2, 0.25) is 5.02 Å². The van der Waals surface area contributed by atoms with Crippen molar-refractivity contribution in [1.29, 1.82) is 0 Å². The fourth-order valence-corrected chi connectivity index (χ4v) is 2.29. The number of nitrogens with zero attached hydrogens (tertiary/aromatic N) is 3. The molecule has 0 aliphatic carbocycles. The van der Waals surface area contributed by atoms with Gasteiger partial charge in [-0.25, -0.2) is 18.3 Å². The highest BCUT2D eigenvalue weighted by Gasteiger charge is 2.19. The fraction of sp³-hybridized carbons (Fsp3) is 0. The van der Waals surface area contributed by atoms with Crippen molar-refractivity contribution in [3.05, 3.63) is 52.6 Å². The molecule has 0 atom stereocenters. The minimum atomic E-state index is -1.18. The summed E-state index contributed by atoms with van der Waals surface area (Å²) in [6, 6.07) is 5.94. The third-order valence-electron chi connectivity index (χ3n) is 2.90. The minimum Gasteiger partial charge on any atom is -0.478 e. The van der Waals surface area contributed by atoms with Gasteiger partial charge in [0.25, 0.3) is 0 Å². The van der Waals surface area contributed by atoms with Gasteiger partial charge in [-0.3, -0.25) is 0 Å². The molecule has 0 radical (unpaired) electrons. The van der Waals surface area contributed by atoms with Gasteiger partial charge in [0.1, 0.15) is 17.0 Å². The van der Waals surface area contributed by atoms with E-state index in [4.69, 9.17) is 16.7 Å². The van der Waals surface area contributed by atoms with Crippen LogP contribution in [0.25, 0.3) is 16.7 Å². The maximum absolute atomic E-state index is 13.9. The molecule has 0 aliphatic rings. The number of rotatable bonds is 2. The maximum atomic E-state index is 13.9. The normalized spacial score (nSPS) is 11.0. The van der Waals surface area contributed by atoms with E-state index in [1.807, 2.05) is 0 Å². The first-order valence-corrected chi connectivity index (χ1v) is 6.09. The molecule has 1 aromatic heterocycles. The summed E-state index contributed by atoms with van der Waals surface area (Å²) < 4.78 is 28.1. The lowest BCUT2D eigenvalue weighted by molar-refractivity contribution is 0.0699. The van der Waals surface area contributed by atoms with E-state index in [9.17, 15) is 13.6 Å². The van der Waals surface area contributed by atoms with Crippen LogP contribution in [0.1, 0.15) is 10.4 Å². The van der Waals surface area contributed by atoms with Crippen molar-refractivity contribution in [2.24, 2.45) is 0 Å². The Hall–Kier alpha value is -2.54. The number of hydrogen-bond acceptors (Lipinski definition) is 3. The van der Waals surface area contributed by atoms with Crippen LogP contribution >= 0.6 is 11.6 Å². The molecule has 0 unspecified atom stereocenters. The molecule has 0 saturated heterocycles. The summed E-state index contributed by atoms with van der Waals surface area (Å²) in [4.78, 5) is 11.1. The predicted octanol–water partition coefficient (Wildman–Crippen LogP) is 3.05. The number of hydrogen-bond donors (Lipinski definition) is 1. The van der Waals surface area contributed by atoms with E-state index in [0.717, 1.165) is 10.7 Å². The van der Waals surface area contributed by atoms with Gasteiger partial charge in [0.05, 0.1) is 16.1 Å². The molecule has 106 valence electrons. The van der Waals surface area contributed by atoms with Crippen molar-refractivity contribution in [2.75, 3.05) is 0 Å². The zero-order chi connectivity index (χ0) is 15.1. The molecule has 1 heterocycles. The molecule has 5 nitrogen and oxygen atoms in total. The summed E-state index contributed by atoms with van der Waals surface area (Å²) in [5.41, 5.74) is 0.0765. The smallest absolute Gasteiger partial charge is 0.338 e. The van der Waals surface area contributed by atoms with Crippen molar-refractivity contribution >= 4 is 28.6 Å². The Morgan fingerprint density at radius 2 is 2.05 bits per heavy atom. The van der Waals surface area contributed by atoms with Crippen molar-refractivity contribution < 1.29 is 18.7 Å². The Balaban J connectivity index is 2.33. The summed E-state index contributed by atoms with van der Waals surface area (Å²) in [6.45, 7) is 0. The third-order valence-corrected chi connectivity index (χ3v) is 3.19. The van der Waals surface area contributed by atoms with Crippen molar-refractivity contribution in [2.45, 2.75) is 0 Å². The number of carbonyl (C=O) groups is 1. The number of halogens is 3. The summed E-state index contributed by atoms with van der Waals surface area (Å²) >= 11 is 5.84. The third kappa shape index (κ3) is 2.11. The van der Waals surface area contributed by atoms with Crippen LogP contribution in [0.4, 0.5) is 8.78 Å². The molecule has 8 heteroatoms. The monoisotopic (exact) mass is 309 g/mol. The Kier molecular flexibility index (Phi) is 3.06. The van der Waals surface area contributed by atoms with Gasteiger partial charge in [0.15, 0.2) is 5.82 Å². The Morgan fingerprint density at radius 3 is 2.71 bits per heavy atom. The molecule has 3 aromatic rings. The Bertz CT molecular complexity index is 856. The fourth-order valence-electron chi connectivity index (χ4n) is 2.02. The van der Waals surface area contributed by atoms with E-state index in [1.54, 1.807) is 0 Å². The van der Waals surface area contributed by atoms with E-state index < -0.39 is 17.6 Å². The van der Waals surface area contributed by atoms with E-state index >= 15 is 0 Å². The molecule has 21 heavy (non-hydrogen) atoms. The first kappa shape index (κ1) is 13.4. The lowest BCUT2D eigenvalue weighted by Crippen LogP contribution is -2.02. The molecule has 2 aromatic carbocycles. The van der Waals surface area contributed by atoms with E-state index in [0.29, 0.717) is 6.07 Å². The molecular weight excluding hydrogens is 304 g/mol. The van der Waals surface area contributed by atoms with Gasteiger partial charge in [-0.2, -0.15) is 0 Å². The number of aromatic nitrogens is 3. The highest BCUT2D eigenvalue weighted by Crippen LogP contribution is 2.28. The molecule has 0 fully saturated rings. The minimum absolute atomic E-state index is 0.0719. The quantitative estimate of drug-likeness (QED) is 0.790. The highest BCUT2D eigenvalue weighted by molar-refractivity contribution is 6.32. The number of carboxylic acid groups (broad SMARTS) is 1. The Morgan fingerprint density at radius 1 is 1.29 bits per heavy atom. The van der Waals surface area contributed by atoms with Crippen molar-refractivity contribution in [1.82, 2.24) is 15.0 Å². The molecule has 0 aliphatic heterocycles. The van der Waals surface area contributed by atoms with Crippen LogP contribution in [0.15, 0.2) is 30.3 Å². The first-order valence-electron chi connectivity index (χ1n) is 5.71. The molecule has 1 N–H and O–H groups in total. The lowest BCUT2D eigenvalue weighted by atomic mass is 10.2. The average molecular weight is 310 g/mol. The van der Waals surface area contributed by atoms with E-state index in [-0.39, 0.29) is 27.3 Å². The largest absolute Gasteiger partial charge is 0.478 e. The lowest BCUT2D eigenvalue weighted by Gasteiger charge is -2.06. The zero-order valence-electron chi connectivity index (χ0n) is 10.2. The van der Waals surface area contributed by atoms with Crippen LogP contribution in [0.3, 0.4) is 0 Å². The van der Waals surface area contributed by atoms with Gasteiger partial charge >= 0.3 is 5.97 Å². The second-order valence-corrected chi connectivity index (χ2v) is 4.60. The molecule has 0 amide bonds. The molecular formula is C13H6ClF2N3O2. The summed E-state index contributed by atoms with van der Waals surface area (Å²) in [5.74, 6) is -2.93.